The van der Waals surface area contributed by atoms with Crippen LogP contribution in [0.2, 0.25) is 0 Å². The van der Waals surface area contributed by atoms with Crippen molar-refractivity contribution >= 4 is 10.1 Å². The van der Waals surface area contributed by atoms with E-state index in [1.165, 1.54) is 0 Å². The van der Waals surface area contributed by atoms with E-state index >= 15 is 0 Å². The molecule has 0 heterocycles. The van der Waals surface area contributed by atoms with Gasteiger partial charge in [0.2, 0.25) is 0 Å². The molecule has 4 heteroatoms. The largest absolute Gasteiger partial charge is 0.286 e. The fraction of sp³-hybridized carbons (Fsp3) is 0.857. The van der Waals surface area contributed by atoms with E-state index in [1.807, 2.05) is 6.42 Å². The molecule has 0 saturated heterocycles. The van der Waals surface area contributed by atoms with E-state index in [9.17, 15) is 8.42 Å². The molecule has 11 heavy (non-hydrogen) atoms. The lowest BCUT2D eigenvalue weighted by Gasteiger charge is -2.19. The second kappa shape index (κ2) is 3.54. The van der Waals surface area contributed by atoms with Crippen LogP contribution in [0.3, 0.4) is 0 Å². The maximum Gasteiger partial charge on any atom is 0.265 e. The van der Waals surface area contributed by atoms with Gasteiger partial charge < -0.3 is 0 Å². The van der Waals surface area contributed by atoms with Crippen LogP contribution in [-0.4, -0.2) is 18.7 Å². The van der Waals surface area contributed by atoms with E-state index in [4.69, 9.17) is 4.55 Å². The summed E-state index contributed by atoms with van der Waals surface area (Å²) in [5.74, 6) is -0.00810. The molecule has 1 aliphatic rings. The number of rotatable bonds is 2. The van der Waals surface area contributed by atoms with Crippen molar-refractivity contribution in [2.24, 2.45) is 5.92 Å². The minimum absolute atomic E-state index is 0.0822. The predicted octanol–water partition coefficient (Wildman–Crippen LogP) is 1.27. The lowest BCUT2D eigenvalue weighted by molar-refractivity contribution is 0.439. The molecule has 1 unspecified atom stereocenters. The Kier molecular flexibility index (Phi) is 2.90. The molecule has 0 amide bonds. The molecule has 1 aliphatic carbocycles. The van der Waals surface area contributed by atoms with Crippen molar-refractivity contribution in [3.63, 3.8) is 0 Å². The van der Waals surface area contributed by atoms with Gasteiger partial charge in [0.05, 0.1) is 5.75 Å². The second-order valence-corrected chi connectivity index (χ2v) is 4.53. The van der Waals surface area contributed by atoms with Crippen molar-refractivity contribution in [2.45, 2.75) is 25.7 Å². The molecule has 1 saturated carbocycles. The van der Waals surface area contributed by atoms with E-state index in [1.54, 1.807) is 0 Å². The van der Waals surface area contributed by atoms with Crippen molar-refractivity contribution in [1.29, 1.82) is 0 Å². The summed E-state index contributed by atoms with van der Waals surface area (Å²) >= 11 is 0. The monoisotopic (exact) mass is 177 g/mol. The van der Waals surface area contributed by atoms with Gasteiger partial charge in [-0.25, -0.2) is 0 Å². The fourth-order valence-corrected chi connectivity index (χ4v) is 2.29. The predicted molar refractivity (Wildman–Crippen MR) is 42.7 cm³/mol. The normalized spacial score (nSPS) is 21.9. The Bertz CT molecular complexity index is 202. The molecule has 1 rings (SSSR count). The molecular weight excluding hydrogens is 164 g/mol. The molecule has 1 radical (unpaired) electrons. The smallest absolute Gasteiger partial charge is 0.265 e. The summed E-state index contributed by atoms with van der Waals surface area (Å²) in [6.07, 6.45) is 6.12. The Balaban J connectivity index is 2.36. The summed E-state index contributed by atoms with van der Waals surface area (Å²) in [5, 5.41) is 0. The standard InChI is InChI=1S/C7H13O3S/c8-11(9,10)6-7-4-2-1-3-5-7/h4,7H,1-3,5-6H2,(H,8,9,10). The van der Waals surface area contributed by atoms with Crippen molar-refractivity contribution in [3.05, 3.63) is 6.42 Å². The average Bonchev–Trinajstić information content (AvgIpc) is 1.85. The quantitative estimate of drug-likeness (QED) is 0.646. The lowest BCUT2D eigenvalue weighted by Crippen LogP contribution is -2.18. The van der Waals surface area contributed by atoms with E-state index in [2.05, 4.69) is 0 Å². The minimum Gasteiger partial charge on any atom is -0.286 e. The Morgan fingerprint density at radius 2 is 2.18 bits per heavy atom. The second-order valence-electron chi connectivity index (χ2n) is 3.03. The Morgan fingerprint density at radius 3 is 2.64 bits per heavy atom. The van der Waals surface area contributed by atoms with Gasteiger partial charge in [-0.15, -0.1) is 0 Å². The summed E-state index contributed by atoms with van der Waals surface area (Å²) in [5.41, 5.74) is 0. The van der Waals surface area contributed by atoms with Gasteiger partial charge in [-0.05, 0) is 25.2 Å². The van der Waals surface area contributed by atoms with Crippen LogP contribution in [-0.2, 0) is 10.1 Å². The first kappa shape index (κ1) is 9.00. The zero-order chi connectivity index (χ0) is 8.32. The molecule has 0 aromatic carbocycles. The van der Waals surface area contributed by atoms with Crippen LogP contribution in [0.25, 0.3) is 0 Å². The van der Waals surface area contributed by atoms with Crippen LogP contribution in [0.1, 0.15) is 25.7 Å². The summed E-state index contributed by atoms with van der Waals surface area (Å²) < 4.78 is 29.4. The van der Waals surface area contributed by atoms with Crippen molar-refractivity contribution in [2.75, 3.05) is 5.75 Å². The van der Waals surface area contributed by atoms with Gasteiger partial charge in [0, 0.05) is 0 Å². The molecule has 0 aliphatic heterocycles. The highest BCUT2D eigenvalue weighted by atomic mass is 32.2. The van der Waals surface area contributed by atoms with Gasteiger partial charge in [0.1, 0.15) is 0 Å². The molecule has 1 atom stereocenters. The summed E-state index contributed by atoms with van der Waals surface area (Å²) in [4.78, 5) is 0. The SMILES string of the molecule is O=S(=O)(O)CC1[CH]CCCC1. The minimum atomic E-state index is -3.75. The van der Waals surface area contributed by atoms with Crippen molar-refractivity contribution in [3.8, 4) is 0 Å². The Morgan fingerprint density at radius 1 is 1.45 bits per heavy atom. The fourth-order valence-electron chi connectivity index (χ4n) is 1.44. The molecule has 0 aromatic rings. The Labute approximate surface area is 67.6 Å². The molecule has 0 bridgehead atoms. The van der Waals surface area contributed by atoms with Crippen molar-refractivity contribution in [1.82, 2.24) is 0 Å². The highest BCUT2D eigenvalue weighted by Crippen LogP contribution is 2.23. The third kappa shape index (κ3) is 3.72. The van der Waals surface area contributed by atoms with E-state index < -0.39 is 10.1 Å². The third-order valence-corrected chi connectivity index (χ3v) is 2.80. The van der Waals surface area contributed by atoms with Gasteiger partial charge in [0.25, 0.3) is 10.1 Å². The third-order valence-electron chi connectivity index (χ3n) is 1.95. The number of hydrogen-bond donors (Lipinski definition) is 1. The van der Waals surface area contributed by atoms with Crippen LogP contribution in [0, 0.1) is 12.3 Å². The average molecular weight is 177 g/mol. The van der Waals surface area contributed by atoms with Gasteiger partial charge in [0.15, 0.2) is 0 Å². The molecule has 1 N–H and O–H groups in total. The van der Waals surface area contributed by atoms with E-state index in [0.717, 1.165) is 25.7 Å². The topological polar surface area (TPSA) is 54.4 Å². The summed E-state index contributed by atoms with van der Waals surface area (Å²) in [6.45, 7) is 0. The van der Waals surface area contributed by atoms with Crippen LogP contribution < -0.4 is 0 Å². The first-order valence-corrected chi connectivity index (χ1v) is 5.47. The molecule has 65 valence electrons. The van der Waals surface area contributed by atoms with Gasteiger partial charge >= 0.3 is 0 Å². The van der Waals surface area contributed by atoms with Crippen LogP contribution in [0.5, 0.6) is 0 Å². The first-order chi connectivity index (χ1) is 5.08. The van der Waals surface area contributed by atoms with Crippen LogP contribution in [0.4, 0.5) is 0 Å². The first-order valence-electron chi connectivity index (χ1n) is 3.86. The summed E-state index contributed by atoms with van der Waals surface area (Å²) in [6, 6.07) is 0. The maximum atomic E-state index is 10.4. The number of hydrogen-bond acceptors (Lipinski definition) is 2. The van der Waals surface area contributed by atoms with E-state index in [0.29, 0.717) is 0 Å². The maximum absolute atomic E-state index is 10.4. The van der Waals surface area contributed by atoms with E-state index in [-0.39, 0.29) is 11.7 Å². The van der Waals surface area contributed by atoms with Gasteiger partial charge in [-0.1, -0.05) is 12.8 Å². The zero-order valence-electron chi connectivity index (χ0n) is 6.36. The van der Waals surface area contributed by atoms with Gasteiger partial charge in [-0.3, -0.25) is 4.55 Å². The van der Waals surface area contributed by atoms with Gasteiger partial charge in [-0.2, -0.15) is 8.42 Å². The molecule has 0 spiro atoms. The molecular formula is C7H13O3S. The zero-order valence-corrected chi connectivity index (χ0v) is 7.18. The summed E-state index contributed by atoms with van der Waals surface area (Å²) in [7, 11) is -3.75. The highest BCUT2D eigenvalue weighted by Gasteiger charge is 2.19. The molecule has 0 aromatic heterocycles. The molecule has 3 nitrogen and oxygen atoms in total. The Hall–Kier alpha value is -0.0900. The van der Waals surface area contributed by atoms with Crippen LogP contribution in [0.15, 0.2) is 0 Å². The van der Waals surface area contributed by atoms with Crippen molar-refractivity contribution < 1.29 is 13.0 Å². The highest BCUT2D eigenvalue weighted by molar-refractivity contribution is 7.85. The molecule has 1 fully saturated rings. The van der Waals surface area contributed by atoms with Crippen LogP contribution >= 0.6 is 0 Å². The lowest BCUT2D eigenvalue weighted by atomic mass is 9.91.